The molecule has 0 saturated carbocycles. The molecule has 3 aromatic heterocycles. The summed E-state index contributed by atoms with van der Waals surface area (Å²) < 4.78 is 75.3. The van der Waals surface area contributed by atoms with Crippen LogP contribution >= 0.6 is 0 Å². The number of nitrogens with one attached hydrogen (secondary N) is 1. The molecule has 1 atom stereocenters. The second-order valence-corrected chi connectivity index (χ2v) is 10.9. The molecule has 0 amide bonds. The Bertz CT molecular complexity index is 1820. The van der Waals surface area contributed by atoms with E-state index in [1.54, 1.807) is 24.9 Å². The molecule has 9 nitrogen and oxygen atoms in total. The Labute approximate surface area is 228 Å². The average Bonchev–Trinajstić information content (AvgIpc) is 3.49. The first-order chi connectivity index (χ1) is 18.9. The van der Waals surface area contributed by atoms with Crippen molar-refractivity contribution >= 4 is 32.4 Å². The van der Waals surface area contributed by atoms with Gasteiger partial charge in [-0.2, -0.15) is 13.9 Å². The first kappa shape index (κ1) is 27.1. The average molecular weight is 571 g/mol. The molecular weight excluding hydrogens is 545 g/mol. The van der Waals surface area contributed by atoms with E-state index in [1.165, 1.54) is 42.5 Å². The summed E-state index contributed by atoms with van der Waals surface area (Å²) in [5.74, 6) is -3.91. The van der Waals surface area contributed by atoms with Crippen molar-refractivity contribution in [1.29, 1.82) is 0 Å². The van der Waals surface area contributed by atoms with Gasteiger partial charge in [0.25, 0.3) is 10.0 Å². The summed E-state index contributed by atoms with van der Waals surface area (Å²) >= 11 is 0. The number of ether oxygens (including phenoxy) is 1. The van der Waals surface area contributed by atoms with Crippen LogP contribution < -0.4 is 15.2 Å². The SMILES string of the molecule is C[C@H](Oc1cc(-c2nn(C)c3c(-c4ccn(C)c4)cnc(N)c23)ccc1NS(=O)(=O)C(F)F)c1ccc(F)cc1. The van der Waals surface area contributed by atoms with Crippen LogP contribution in [0, 0.1) is 5.82 Å². The minimum Gasteiger partial charge on any atom is -0.484 e. The van der Waals surface area contributed by atoms with Gasteiger partial charge in [-0.3, -0.25) is 9.40 Å². The van der Waals surface area contributed by atoms with Crippen molar-refractivity contribution < 1.29 is 26.3 Å². The highest BCUT2D eigenvalue weighted by Gasteiger charge is 2.27. The maximum absolute atomic E-state index is 13.4. The number of benzene rings is 2. The van der Waals surface area contributed by atoms with Gasteiger partial charge < -0.3 is 15.0 Å². The molecule has 40 heavy (non-hydrogen) atoms. The number of aromatic nitrogens is 4. The number of alkyl halides is 2. The summed E-state index contributed by atoms with van der Waals surface area (Å²) in [6, 6.07) is 11.8. The molecule has 0 bridgehead atoms. The lowest BCUT2D eigenvalue weighted by Crippen LogP contribution is -2.21. The fraction of sp³-hybridized carbons (Fsp3) is 0.185. The summed E-state index contributed by atoms with van der Waals surface area (Å²) in [6.45, 7) is 1.66. The number of aryl methyl sites for hydroxylation is 2. The van der Waals surface area contributed by atoms with Crippen molar-refractivity contribution in [2.75, 3.05) is 10.5 Å². The number of rotatable bonds is 8. The van der Waals surface area contributed by atoms with E-state index in [1.807, 2.05) is 34.8 Å². The van der Waals surface area contributed by atoms with Crippen molar-refractivity contribution in [3.8, 4) is 28.1 Å². The van der Waals surface area contributed by atoms with Crippen LogP contribution in [-0.2, 0) is 24.1 Å². The Morgan fingerprint density at radius 2 is 1.77 bits per heavy atom. The molecule has 5 aromatic rings. The normalized spacial score (nSPS) is 12.7. The number of halogens is 3. The fourth-order valence-electron chi connectivity index (χ4n) is 4.45. The molecule has 0 fully saturated rings. The van der Waals surface area contributed by atoms with Crippen molar-refractivity contribution in [3.05, 3.63) is 78.5 Å². The number of hydrogen-bond donors (Lipinski definition) is 2. The summed E-state index contributed by atoms with van der Waals surface area (Å²) in [5, 5.41) is 5.23. The Balaban J connectivity index is 1.64. The van der Waals surface area contributed by atoms with E-state index < -0.39 is 27.7 Å². The first-order valence-corrected chi connectivity index (χ1v) is 13.6. The third-order valence-corrected chi connectivity index (χ3v) is 7.39. The molecule has 0 spiro atoms. The molecule has 0 unspecified atom stereocenters. The van der Waals surface area contributed by atoms with Gasteiger partial charge in [-0.25, -0.2) is 17.8 Å². The van der Waals surface area contributed by atoms with Gasteiger partial charge in [0, 0.05) is 49.4 Å². The number of sulfonamides is 1. The van der Waals surface area contributed by atoms with Crippen molar-refractivity contribution in [1.82, 2.24) is 19.3 Å². The molecular formula is C27H25F3N6O3S. The number of nitrogens with two attached hydrogens (primary N) is 1. The molecule has 0 aliphatic heterocycles. The first-order valence-electron chi connectivity index (χ1n) is 12.0. The number of anilines is 2. The van der Waals surface area contributed by atoms with Crippen LogP contribution in [0.2, 0.25) is 0 Å². The van der Waals surface area contributed by atoms with Gasteiger partial charge in [0.15, 0.2) is 0 Å². The van der Waals surface area contributed by atoms with E-state index in [9.17, 15) is 21.6 Å². The van der Waals surface area contributed by atoms with Crippen LogP contribution in [0.3, 0.4) is 0 Å². The van der Waals surface area contributed by atoms with Gasteiger partial charge in [0.05, 0.1) is 16.6 Å². The second-order valence-electron chi connectivity index (χ2n) is 9.25. The molecule has 0 aliphatic rings. The maximum atomic E-state index is 13.4. The van der Waals surface area contributed by atoms with E-state index >= 15 is 0 Å². The molecule has 3 N–H and O–H groups in total. The van der Waals surface area contributed by atoms with E-state index in [0.717, 1.165) is 16.6 Å². The minimum atomic E-state index is -4.99. The lowest BCUT2D eigenvalue weighted by atomic mass is 10.0. The highest BCUT2D eigenvalue weighted by molar-refractivity contribution is 7.93. The number of nitrogens with zero attached hydrogens (tertiary/aromatic N) is 4. The predicted octanol–water partition coefficient (Wildman–Crippen LogP) is 5.47. The number of hydrogen-bond acceptors (Lipinski definition) is 6. The van der Waals surface area contributed by atoms with Gasteiger partial charge in [-0.15, -0.1) is 0 Å². The topological polar surface area (TPSA) is 117 Å². The minimum absolute atomic E-state index is 0.0388. The number of nitrogen functional groups attached to an aromatic ring is 1. The molecule has 208 valence electrons. The Kier molecular flexibility index (Phi) is 6.92. The zero-order valence-electron chi connectivity index (χ0n) is 21.6. The van der Waals surface area contributed by atoms with Gasteiger partial charge in [0.2, 0.25) is 0 Å². The third kappa shape index (κ3) is 5.07. The van der Waals surface area contributed by atoms with Crippen LogP contribution in [-0.4, -0.2) is 33.5 Å². The monoisotopic (exact) mass is 570 g/mol. The standard InChI is InChI=1S/C27H25F3N6O3S/c1-15(16-4-7-19(28)8-5-16)39-22-12-17(6-9-21(22)34-40(37,38)27(29)30)24-23-25(36(3)33-24)20(13-32-26(23)31)18-10-11-35(2)14-18/h4-15,27,34H,1-3H3,(H2,31,32)/t15-/m0/s1. The lowest BCUT2D eigenvalue weighted by Gasteiger charge is -2.19. The number of fused-ring (bicyclic) bond motifs is 1. The highest BCUT2D eigenvalue weighted by atomic mass is 32.2. The molecule has 0 aliphatic carbocycles. The van der Waals surface area contributed by atoms with Crippen LogP contribution in [0.15, 0.2) is 67.1 Å². The Morgan fingerprint density at radius 1 is 1.05 bits per heavy atom. The quantitative estimate of drug-likeness (QED) is 0.256. The van der Waals surface area contributed by atoms with Crippen molar-refractivity contribution in [2.45, 2.75) is 18.8 Å². The largest absolute Gasteiger partial charge is 0.484 e. The summed E-state index contributed by atoms with van der Waals surface area (Å²) in [4.78, 5) is 4.37. The zero-order valence-corrected chi connectivity index (χ0v) is 22.5. The Morgan fingerprint density at radius 3 is 2.42 bits per heavy atom. The zero-order chi connectivity index (χ0) is 28.8. The lowest BCUT2D eigenvalue weighted by molar-refractivity contribution is 0.228. The third-order valence-electron chi connectivity index (χ3n) is 6.42. The summed E-state index contributed by atoms with van der Waals surface area (Å²) in [7, 11) is -1.33. The summed E-state index contributed by atoms with van der Waals surface area (Å²) in [5.41, 5.74) is 10.0. The predicted molar refractivity (Wildman–Crippen MR) is 147 cm³/mol. The number of pyridine rings is 1. The van der Waals surface area contributed by atoms with Gasteiger partial charge >= 0.3 is 5.76 Å². The van der Waals surface area contributed by atoms with Crippen LogP contribution in [0.25, 0.3) is 33.3 Å². The fourth-order valence-corrected chi connectivity index (χ4v) is 5.02. The smallest absolute Gasteiger partial charge is 0.355 e. The maximum Gasteiger partial charge on any atom is 0.355 e. The van der Waals surface area contributed by atoms with Crippen molar-refractivity contribution in [3.63, 3.8) is 0 Å². The molecule has 0 saturated heterocycles. The molecule has 13 heteroatoms. The van der Waals surface area contributed by atoms with E-state index in [0.29, 0.717) is 22.2 Å². The molecule has 2 aromatic carbocycles. The van der Waals surface area contributed by atoms with E-state index in [4.69, 9.17) is 10.5 Å². The van der Waals surface area contributed by atoms with Gasteiger partial charge in [-0.05, 0) is 42.8 Å². The van der Waals surface area contributed by atoms with Gasteiger partial charge in [-0.1, -0.05) is 18.2 Å². The van der Waals surface area contributed by atoms with Crippen LogP contribution in [0.4, 0.5) is 24.7 Å². The second kappa shape index (κ2) is 10.2. The molecule has 0 radical (unpaired) electrons. The van der Waals surface area contributed by atoms with Crippen LogP contribution in [0.5, 0.6) is 5.75 Å². The van der Waals surface area contributed by atoms with Crippen LogP contribution in [0.1, 0.15) is 18.6 Å². The highest BCUT2D eigenvalue weighted by Crippen LogP contribution is 2.40. The molecule has 5 rings (SSSR count). The Hall–Kier alpha value is -4.52. The van der Waals surface area contributed by atoms with Gasteiger partial charge in [0.1, 0.15) is 29.2 Å². The summed E-state index contributed by atoms with van der Waals surface area (Å²) in [6.07, 6.45) is 4.81. The molecule has 3 heterocycles. The van der Waals surface area contributed by atoms with Crippen molar-refractivity contribution in [2.24, 2.45) is 14.1 Å². The van der Waals surface area contributed by atoms with E-state index in [-0.39, 0.29) is 17.3 Å². The van der Waals surface area contributed by atoms with E-state index in [2.05, 4.69) is 10.1 Å².